The maximum Gasteiger partial charge on any atom is 0.125 e. The van der Waals surface area contributed by atoms with Gasteiger partial charge >= 0.3 is 0 Å². The quantitative estimate of drug-likeness (QED) is 0.900. The van der Waals surface area contributed by atoms with Gasteiger partial charge in [-0.2, -0.15) is 0 Å². The summed E-state index contributed by atoms with van der Waals surface area (Å²) in [6, 6.07) is 6.86. The number of aromatic nitrogens is 2. The number of aryl methyl sites for hydroxylation is 1. The molecule has 0 radical (unpaired) electrons. The zero-order valence-corrected chi connectivity index (χ0v) is 10.9. The highest BCUT2D eigenvalue weighted by molar-refractivity contribution is 5.19. The zero-order chi connectivity index (χ0) is 13.1. The van der Waals surface area contributed by atoms with Crippen molar-refractivity contribution in [3.05, 3.63) is 53.9 Å². The smallest absolute Gasteiger partial charge is 0.125 e. The number of halogens is 1. The summed E-state index contributed by atoms with van der Waals surface area (Å²) >= 11 is 0. The Balaban J connectivity index is 2.08. The Morgan fingerprint density at radius 1 is 1.28 bits per heavy atom. The van der Waals surface area contributed by atoms with Gasteiger partial charge in [-0.1, -0.05) is 12.1 Å². The summed E-state index contributed by atoms with van der Waals surface area (Å²) < 4.78 is 15.1. The number of hydrogen-bond acceptors (Lipinski definition) is 2. The molecule has 4 heteroatoms. The minimum absolute atomic E-state index is 0.0763. The molecule has 2 aromatic rings. The van der Waals surface area contributed by atoms with Crippen molar-refractivity contribution in [2.75, 3.05) is 0 Å². The molecule has 0 bridgehead atoms. The van der Waals surface area contributed by atoms with Gasteiger partial charge in [-0.15, -0.1) is 0 Å². The number of rotatable bonds is 4. The molecule has 0 amide bonds. The topological polar surface area (TPSA) is 29.9 Å². The first kappa shape index (κ1) is 12.8. The lowest BCUT2D eigenvalue weighted by Crippen LogP contribution is -2.24. The molecule has 3 nitrogen and oxygen atoms in total. The second-order valence-corrected chi connectivity index (χ2v) is 4.56. The molecule has 0 aliphatic rings. The van der Waals surface area contributed by atoms with Crippen molar-refractivity contribution in [1.82, 2.24) is 14.9 Å². The molecule has 0 aliphatic carbocycles. The summed E-state index contributed by atoms with van der Waals surface area (Å²) in [5, 5.41) is 3.42. The molecular formula is C14H18FN3. The van der Waals surface area contributed by atoms with Crippen molar-refractivity contribution in [1.29, 1.82) is 0 Å². The lowest BCUT2D eigenvalue weighted by atomic mass is 10.1. The van der Waals surface area contributed by atoms with E-state index in [4.69, 9.17) is 0 Å². The zero-order valence-electron chi connectivity index (χ0n) is 10.9. The third-order valence-electron chi connectivity index (χ3n) is 3.09. The molecule has 0 aliphatic heterocycles. The molecule has 18 heavy (non-hydrogen) atoms. The molecule has 0 fully saturated rings. The van der Waals surface area contributed by atoms with Crippen LogP contribution in [0.2, 0.25) is 0 Å². The number of benzene rings is 1. The van der Waals surface area contributed by atoms with E-state index >= 15 is 0 Å². The number of imidazole rings is 1. The molecule has 1 heterocycles. The third-order valence-corrected chi connectivity index (χ3v) is 3.09. The number of nitrogens with zero attached hydrogens (tertiary/aromatic N) is 2. The average Bonchev–Trinajstić information content (AvgIpc) is 2.75. The molecule has 0 spiro atoms. The highest BCUT2D eigenvalue weighted by Crippen LogP contribution is 2.18. The predicted octanol–water partition coefficient (Wildman–Crippen LogP) is 2.97. The Morgan fingerprint density at radius 2 is 2.06 bits per heavy atom. The molecule has 2 rings (SSSR count). The van der Waals surface area contributed by atoms with Crippen LogP contribution in [0.1, 0.15) is 37.3 Å². The first-order valence-corrected chi connectivity index (χ1v) is 6.06. The van der Waals surface area contributed by atoms with Crippen LogP contribution in [0.3, 0.4) is 0 Å². The van der Waals surface area contributed by atoms with Crippen molar-refractivity contribution in [3.8, 4) is 0 Å². The fourth-order valence-electron chi connectivity index (χ4n) is 2.12. The highest BCUT2D eigenvalue weighted by atomic mass is 19.1. The Morgan fingerprint density at radius 3 is 2.67 bits per heavy atom. The predicted molar refractivity (Wildman–Crippen MR) is 69.6 cm³/mol. The van der Waals surface area contributed by atoms with Gasteiger partial charge in [0.25, 0.3) is 0 Å². The second kappa shape index (κ2) is 5.31. The van der Waals surface area contributed by atoms with Crippen LogP contribution < -0.4 is 5.32 Å². The van der Waals surface area contributed by atoms with Crippen LogP contribution in [0.5, 0.6) is 0 Å². The average molecular weight is 247 g/mol. The van der Waals surface area contributed by atoms with Crippen LogP contribution in [-0.4, -0.2) is 9.55 Å². The van der Waals surface area contributed by atoms with Gasteiger partial charge in [-0.25, -0.2) is 9.37 Å². The van der Waals surface area contributed by atoms with Gasteiger partial charge < -0.3 is 9.88 Å². The van der Waals surface area contributed by atoms with Crippen LogP contribution in [-0.2, 0) is 7.05 Å². The summed E-state index contributed by atoms with van der Waals surface area (Å²) in [5.41, 5.74) is 0.941. The van der Waals surface area contributed by atoms with Gasteiger partial charge in [0.2, 0.25) is 0 Å². The number of hydrogen-bond donors (Lipinski definition) is 1. The van der Waals surface area contributed by atoms with Gasteiger partial charge in [0, 0.05) is 25.5 Å². The van der Waals surface area contributed by atoms with E-state index in [9.17, 15) is 4.39 Å². The normalized spacial score (nSPS) is 14.4. The molecule has 96 valence electrons. The molecule has 1 aromatic carbocycles. The van der Waals surface area contributed by atoms with E-state index in [1.54, 1.807) is 18.3 Å². The maximum absolute atomic E-state index is 13.2. The van der Waals surface area contributed by atoms with E-state index in [0.717, 1.165) is 11.4 Å². The molecule has 0 saturated carbocycles. The second-order valence-electron chi connectivity index (χ2n) is 4.56. The fraction of sp³-hybridized carbons (Fsp3) is 0.357. The van der Waals surface area contributed by atoms with Gasteiger partial charge in [0.15, 0.2) is 0 Å². The van der Waals surface area contributed by atoms with E-state index in [1.165, 1.54) is 6.07 Å². The molecule has 2 atom stereocenters. The largest absolute Gasteiger partial charge is 0.337 e. The summed E-state index contributed by atoms with van der Waals surface area (Å²) in [5.74, 6) is 0.768. The molecule has 0 saturated heterocycles. The van der Waals surface area contributed by atoms with Gasteiger partial charge in [0.05, 0.1) is 6.04 Å². The van der Waals surface area contributed by atoms with Crippen molar-refractivity contribution < 1.29 is 4.39 Å². The lowest BCUT2D eigenvalue weighted by molar-refractivity contribution is 0.465. The van der Waals surface area contributed by atoms with E-state index < -0.39 is 0 Å². The minimum Gasteiger partial charge on any atom is -0.337 e. The van der Waals surface area contributed by atoms with Crippen LogP contribution in [0.15, 0.2) is 36.7 Å². The molecular weight excluding hydrogens is 229 g/mol. The summed E-state index contributed by atoms with van der Waals surface area (Å²) in [6.45, 7) is 4.08. The Bertz CT molecular complexity index is 521. The highest BCUT2D eigenvalue weighted by Gasteiger charge is 2.14. The fourth-order valence-corrected chi connectivity index (χ4v) is 2.12. The van der Waals surface area contributed by atoms with Crippen LogP contribution in [0, 0.1) is 5.82 Å². The Labute approximate surface area is 107 Å². The Hall–Kier alpha value is -1.68. The maximum atomic E-state index is 13.2. The van der Waals surface area contributed by atoms with Crippen molar-refractivity contribution in [3.63, 3.8) is 0 Å². The number of nitrogens with one attached hydrogen (secondary N) is 1. The minimum atomic E-state index is -0.203. The van der Waals surface area contributed by atoms with Gasteiger partial charge in [0.1, 0.15) is 11.6 Å². The van der Waals surface area contributed by atoms with Crippen LogP contribution in [0.25, 0.3) is 0 Å². The monoisotopic (exact) mass is 247 g/mol. The van der Waals surface area contributed by atoms with Crippen LogP contribution >= 0.6 is 0 Å². The summed E-state index contributed by atoms with van der Waals surface area (Å²) in [7, 11) is 1.97. The molecule has 2 unspecified atom stereocenters. The summed E-state index contributed by atoms with van der Waals surface area (Å²) in [6.07, 6.45) is 3.70. The van der Waals surface area contributed by atoms with E-state index in [1.807, 2.05) is 30.8 Å². The van der Waals surface area contributed by atoms with E-state index in [-0.39, 0.29) is 17.9 Å². The van der Waals surface area contributed by atoms with Gasteiger partial charge in [-0.3, -0.25) is 0 Å². The third kappa shape index (κ3) is 2.76. The first-order chi connectivity index (χ1) is 8.58. The first-order valence-electron chi connectivity index (χ1n) is 6.06. The van der Waals surface area contributed by atoms with E-state index in [0.29, 0.717) is 0 Å². The van der Waals surface area contributed by atoms with Crippen molar-refractivity contribution in [2.45, 2.75) is 25.9 Å². The SMILES string of the molecule is CC(NC(C)c1nccn1C)c1cccc(F)c1. The Kier molecular flexibility index (Phi) is 3.77. The van der Waals surface area contributed by atoms with Crippen LogP contribution in [0.4, 0.5) is 4.39 Å². The van der Waals surface area contributed by atoms with Crippen molar-refractivity contribution in [2.24, 2.45) is 7.05 Å². The van der Waals surface area contributed by atoms with Gasteiger partial charge in [-0.05, 0) is 31.5 Å². The van der Waals surface area contributed by atoms with E-state index in [2.05, 4.69) is 17.2 Å². The molecule has 1 N–H and O–H groups in total. The van der Waals surface area contributed by atoms with Crippen molar-refractivity contribution >= 4 is 0 Å². The summed E-state index contributed by atoms with van der Waals surface area (Å²) in [4.78, 5) is 4.31. The lowest BCUT2D eigenvalue weighted by Gasteiger charge is -2.20. The molecule has 1 aromatic heterocycles. The standard InChI is InChI=1S/C14H18FN3/c1-10(12-5-4-6-13(15)9-12)17-11(2)14-16-7-8-18(14)3/h4-11,17H,1-3H3.